The van der Waals surface area contributed by atoms with E-state index in [0.717, 1.165) is 47.0 Å². The van der Waals surface area contributed by atoms with Crippen molar-refractivity contribution in [3.8, 4) is 0 Å². The van der Waals surface area contributed by atoms with Crippen LogP contribution in [0.15, 0.2) is 34.5 Å². The van der Waals surface area contributed by atoms with Gasteiger partial charge < -0.3 is 10.0 Å². The summed E-state index contributed by atoms with van der Waals surface area (Å²) in [6.07, 6.45) is 11.6. The van der Waals surface area contributed by atoms with E-state index in [2.05, 4.69) is 45.0 Å². The zero-order valence-corrected chi connectivity index (χ0v) is 22.5. The van der Waals surface area contributed by atoms with E-state index >= 15 is 0 Å². The summed E-state index contributed by atoms with van der Waals surface area (Å²) < 4.78 is 1.85. The minimum Gasteiger partial charge on any atom is -0.480 e. The first-order valence-electron chi connectivity index (χ1n) is 11.2. The molecule has 1 N–H and O–H groups in total. The smallest absolute Gasteiger partial charge is 0.319 e. The number of aliphatic carboxylic acids is 1. The quantitative estimate of drug-likeness (QED) is 0.308. The molecule has 0 bridgehead atoms. The minimum absolute atomic E-state index is 0. The molecule has 0 aliphatic carbocycles. The molecule has 0 radical (unpaired) electrons. The number of halogens is 1. The van der Waals surface area contributed by atoms with Crippen LogP contribution in [0.2, 0.25) is 0 Å². The van der Waals surface area contributed by atoms with Gasteiger partial charge in [0.05, 0.1) is 11.9 Å². The van der Waals surface area contributed by atoms with Gasteiger partial charge in [0.2, 0.25) is 5.95 Å². The Kier molecular flexibility index (Phi) is 10.8. The number of nitrogens with zero attached hydrogens (tertiary/aromatic N) is 6. The SMILES string of the molecule is CCCCn1cc(CN(CCc2csc(SC(C)(C)C(=O)O)n2)c2ncc(CC)cn2)cn1.Cl. The first-order valence-corrected chi connectivity index (χ1v) is 12.9. The van der Waals surface area contributed by atoms with Crippen molar-refractivity contribution in [2.45, 2.75) is 75.6 Å². The summed E-state index contributed by atoms with van der Waals surface area (Å²) >= 11 is 2.77. The number of rotatable bonds is 13. The molecule has 0 unspecified atom stereocenters. The van der Waals surface area contributed by atoms with Gasteiger partial charge in [0.15, 0.2) is 4.34 Å². The standard InChI is InChI=1S/C23H32N6O2S2.ClH/c1-5-7-9-29-15-18(13-26-29)14-28(21-24-11-17(6-2)12-25-21)10-8-19-16-32-22(27-19)33-23(3,4)20(30)31;/h11-13,15-16H,5-10,14H2,1-4H3,(H,30,31);1H. The Bertz CT molecular complexity index is 1040. The average Bonchev–Trinajstić information content (AvgIpc) is 3.44. The van der Waals surface area contributed by atoms with Crippen LogP contribution >= 0.6 is 35.5 Å². The van der Waals surface area contributed by atoms with Crippen molar-refractivity contribution in [3.63, 3.8) is 0 Å². The number of unbranched alkanes of at least 4 members (excludes halogenated alkanes) is 1. The molecule has 0 atom stereocenters. The Morgan fingerprint density at radius 2 is 1.94 bits per heavy atom. The van der Waals surface area contributed by atoms with Gasteiger partial charge in [0.1, 0.15) is 4.75 Å². The van der Waals surface area contributed by atoms with Crippen molar-refractivity contribution in [1.82, 2.24) is 24.7 Å². The van der Waals surface area contributed by atoms with Crippen LogP contribution in [0.3, 0.4) is 0 Å². The van der Waals surface area contributed by atoms with E-state index < -0.39 is 10.7 Å². The molecule has 3 heterocycles. The predicted molar refractivity (Wildman–Crippen MR) is 140 cm³/mol. The van der Waals surface area contributed by atoms with Gasteiger partial charge in [-0.15, -0.1) is 23.7 Å². The lowest BCUT2D eigenvalue weighted by molar-refractivity contribution is -0.138. The van der Waals surface area contributed by atoms with Crippen LogP contribution in [-0.4, -0.2) is 47.1 Å². The number of carbonyl (C=O) groups is 1. The number of aryl methyl sites for hydroxylation is 2. The average molecular weight is 525 g/mol. The zero-order chi connectivity index (χ0) is 23.8. The molecular formula is C23H33ClN6O2S2. The zero-order valence-electron chi connectivity index (χ0n) is 20.1. The third-order valence-electron chi connectivity index (χ3n) is 5.21. The molecule has 0 aliphatic rings. The minimum atomic E-state index is -0.909. The predicted octanol–water partition coefficient (Wildman–Crippen LogP) is 5.12. The number of aromatic nitrogens is 5. The van der Waals surface area contributed by atoms with Crippen LogP contribution in [0, 0.1) is 0 Å². The lowest BCUT2D eigenvalue weighted by Crippen LogP contribution is -2.27. The van der Waals surface area contributed by atoms with Gasteiger partial charge >= 0.3 is 5.97 Å². The van der Waals surface area contributed by atoms with Crippen molar-refractivity contribution in [1.29, 1.82) is 0 Å². The van der Waals surface area contributed by atoms with E-state index in [1.165, 1.54) is 23.1 Å². The van der Waals surface area contributed by atoms with E-state index in [1.54, 1.807) is 13.8 Å². The Hall–Kier alpha value is -2.17. The maximum atomic E-state index is 11.4. The summed E-state index contributed by atoms with van der Waals surface area (Å²) in [5, 5.41) is 15.9. The highest BCUT2D eigenvalue weighted by Crippen LogP contribution is 2.34. The molecule has 186 valence electrons. The maximum absolute atomic E-state index is 11.4. The third kappa shape index (κ3) is 7.95. The van der Waals surface area contributed by atoms with Crippen LogP contribution in [0.25, 0.3) is 0 Å². The van der Waals surface area contributed by atoms with Crippen molar-refractivity contribution >= 4 is 47.4 Å². The second-order valence-corrected chi connectivity index (χ2v) is 11.1. The van der Waals surface area contributed by atoms with Gasteiger partial charge in [0.25, 0.3) is 0 Å². The van der Waals surface area contributed by atoms with Crippen molar-refractivity contribution < 1.29 is 9.90 Å². The molecule has 0 fully saturated rings. The Balaban J connectivity index is 0.00000408. The molecule has 3 rings (SSSR count). The summed E-state index contributed by atoms with van der Waals surface area (Å²) in [4.78, 5) is 27.4. The van der Waals surface area contributed by atoms with Crippen molar-refractivity contribution in [2.24, 2.45) is 0 Å². The molecule has 0 aliphatic heterocycles. The first-order chi connectivity index (χ1) is 15.8. The van der Waals surface area contributed by atoms with Gasteiger partial charge in [-0.25, -0.2) is 15.0 Å². The van der Waals surface area contributed by atoms with Gasteiger partial charge in [-0.3, -0.25) is 9.48 Å². The van der Waals surface area contributed by atoms with Crippen molar-refractivity contribution in [2.75, 3.05) is 11.4 Å². The van der Waals surface area contributed by atoms with E-state index in [1.807, 2.05) is 28.7 Å². The summed E-state index contributed by atoms with van der Waals surface area (Å²) in [5.41, 5.74) is 3.16. The van der Waals surface area contributed by atoms with E-state index in [-0.39, 0.29) is 12.4 Å². The monoisotopic (exact) mass is 524 g/mol. The number of hydrogen-bond donors (Lipinski definition) is 1. The normalized spacial score (nSPS) is 11.3. The molecule has 34 heavy (non-hydrogen) atoms. The number of hydrogen-bond acceptors (Lipinski definition) is 8. The van der Waals surface area contributed by atoms with Crippen LogP contribution < -0.4 is 4.90 Å². The topological polar surface area (TPSA) is 97.0 Å². The second kappa shape index (κ2) is 13.1. The molecule has 0 saturated heterocycles. The molecule has 0 spiro atoms. The largest absolute Gasteiger partial charge is 0.480 e. The fourth-order valence-corrected chi connectivity index (χ4v) is 5.28. The number of anilines is 1. The summed E-state index contributed by atoms with van der Waals surface area (Å²) in [6, 6.07) is 0. The second-order valence-electron chi connectivity index (χ2n) is 8.40. The number of thiazole rings is 1. The lowest BCUT2D eigenvalue weighted by Gasteiger charge is -2.21. The van der Waals surface area contributed by atoms with Crippen LogP contribution in [0.5, 0.6) is 0 Å². The van der Waals surface area contributed by atoms with Crippen molar-refractivity contribution in [3.05, 3.63) is 47.0 Å². The molecule has 11 heteroatoms. The highest BCUT2D eigenvalue weighted by molar-refractivity contribution is 8.02. The number of carboxylic acids is 1. The Labute approximate surface area is 215 Å². The van der Waals surface area contributed by atoms with Gasteiger partial charge in [-0.1, -0.05) is 32.0 Å². The Morgan fingerprint density at radius 1 is 1.21 bits per heavy atom. The van der Waals surface area contributed by atoms with E-state index in [9.17, 15) is 9.90 Å². The third-order valence-corrected chi connectivity index (χ3v) is 7.38. The van der Waals surface area contributed by atoms with Crippen LogP contribution in [0.1, 0.15) is 57.4 Å². The van der Waals surface area contributed by atoms with Crippen LogP contribution in [-0.2, 0) is 30.7 Å². The molecular weight excluding hydrogens is 492 g/mol. The first kappa shape index (κ1) is 28.1. The molecule has 3 aromatic rings. The molecule has 8 nitrogen and oxygen atoms in total. The summed E-state index contributed by atoms with van der Waals surface area (Å²) in [5.74, 6) is -0.159. The summed E-state index contributed by atoms with van der Waals surface area (Å²) in [6.45, 7) is 9.93. The van der Waals surface area contributed by atoms with E-state index in [0.29, 0.717) is 25.5 Å². The van der Waals surface area contributed by atoms with Gasteiger partial charge in [-0.05, 0) is 32.3 Å². The fourth-order valence-electron chi connectivity index (χ4n) is 3.06. The molecule has 0 aromatic carbocycles. The molecule has 0 saturated carbocycles. The maximum Gasteiger partial charge on any atom is 0.319 e. The molecule has 0 amide bonds. The summed E-state index contributed by atoms with van der Waals surface area (Å²) in [7, 11) is 0. The highest BCUT2D eigenvalue weighted by Gasteiger charge is 2.29. The Morgan fingerprint density at radius 3 is 2.59 bits per heavy atom. The number of thioether (sulfide) groups is 1. The lowest BCUT2D eigenvalue weighted by atomic mass is 10.2. The molecule has 3 aromatic heterocycles. The van der Waals surface area contributed by atoms with E-state index in [4.69, 9.17) is 0 Å². The number of carboxylic acid groups (broad SMARTS) is 1. The highest BCUT2D eigenvalue weighted by atomic mass is 35.5. The van der Waals surface area contributed by atoms with Gasteiger partial charge in [0, 0.05) is 55.6 Å². The van der Waals surface area contributed by atoms with Gasteiger partial charge in [-0.2, -0.15) is 5.10 Å². The van der Waals surface area contributed by atoms with Crippen LogP contribution in [0.4, 0.5) is 5.95 Å². The fraction of sp³-hybridized carbons (Fsp3) is 0.522.